The molecule has 0 aromatic carbocycles. The number of fused-ring (bicyclic) bond motifs is 2. The molecule has 3 heteroatoms. The standard InChI is InChI=1S/C12H23NO2/c14-8-4-2-1-3-7-13-11-9-10-5-6-12(11)15-10/h10-14H,1-9H2. The third-order valence-corrected chi connectivity index (χ3v) is 3.60. The van der Waals surface area contributed by atoms with Gasteiger partial charge in [-0.15, -0.1) is 0 Å². The van der Waals surface area contributed by atoms with Crippen molar-refractivity contribution >= 4 is 0 Å². The van der Waals surface area contributed by atoms with Crippen LogP contribution in [-0.4, -0.2) is 36.5 Å². The molecule has 0 aliphatic carbocycles. The number of hydrogen-bond acceptors (Lipinski definition) is 3. The first-order valence-corrected chi connectivity index (χ1v) is 6.40. The molecule has 2 N–H and O–H groups in total. The van der Waals surface area contributed by atoms with Gasteiger partial charge in [-0.05, 0) is 38.6 Å². The van der Waals surface area contributed by atoms with E-state index in [1.165, 1.54) is 32.1 Å². The molecule has 3 nitrogen and oxygen atoms in total. The van der Waals surface area contributed by atoms with Crippen LogP contribution in [0.4, 0.5) is 0 Å². The van der Waals surface area contributed by atoms with Crippen molar-refractivity contribution < 1.29 is 9.84 Å². The summed E-state index contributed by atoms with van der Waals surface area (Å²) in [6.07, 6.45) is 9.40. The van der Waals surface area contributed by atoms with Crippen LogP contribution in [-0.2, 0) is 4.74 Å². The van der Waals surface area contributed by atoms with Crippen LogP contribution in [0.15, 0.2) is 0 Å². The first-order valence-electron chi connectivity index (χ1n) is 6.40. The molecule has 2 bridgehead atoms. The lowest BCUT2D eigenvalue weighted by Gasteiger charge is -2.19. The monoisotopic (exact) mass is 213 g/mol. The van der Waals surface area contributed by atoms with Gasteiger partial charge in [-0.1, -0.05) is 12.8 Å². The minimum Gasteiger partial charge on any atom is -0.396 e. The van der Waals surface area contributed by atoms with Gasteiger partial charge in [0.05, 0.1) is 12.2 Å². The summed E-state index contributed by atoms with van der Waals surface area (Å²) in [5.41, 5.74) is 0. The summed E-state index contributed by atoms with van der Waals surface area (Å²) in [6.45, 7) is 1.45. The molecular formula is C12H23NO2. The van der Waals surface area contributed by atoms with Crippen LogP contribution >= 0.6 is 0 Å². The Morgan fingerprint density at radius 1 is 1.13 bits per heavy atom. The summed E-state index contributed by atoms with van der Waals surface area (Å²) >= 11 is 0. The second-order valence-corrected chi connectivity index (χ2v) is 4.81. The average molecular weight is 213 g/mol. The van der Waals surface area contributed by atoms with E-state index in [0.29, 0.717) is 24.9 Å². The zero-order valence-corrected chi connectivity index (χ0v) is 9.45. The molecule has 0 amide bonds. The summed E-state index contributed by atoms with van der Waals surface area (Å²) in [5.74, 6) is 0. The molecule has 2 rings (SSSR count). The van der Waals surface area contributed by atoms with Crippen molar-refractivity contribution in [1.82, 2.24) is 5.32 Å². The number of aliphatic hydroxyl groups is 1. The number of nitrogens with one attached hydrogen (secondary N) is 1. The van der Waals surface area contributed by atoms with Crippen molar-refractivity contribution in [1.29, 1.82) is 0 Å². The molecule has 2 aliphatic rings. The molecule has 2 aliphatic heterocycles. The van der Waals surface area contributed by atoms with E-state index in [1.54, 1.807) is 0 Å². The Labute approximate surface area is 92.2 Å². The Kier molecular flexibility index (Phi) is 4.42. The van der Waals surface area contributed by atoms with Gasteiger partial charge >= 0.3 is 0 Å². The second-order valence-electron chi connectivity index (χ2n) is 4.81. The Balaban J connectivity index is 1.48. The highest BCUT2D eigenvalue weighted by Gasteiger charge is 2.40. The van der Waals surface area contributed by atoms with Gasteiger partial charge in [-0.25, -0.2) is 0 Å². The largest absolute Gasteiger partial charge is 0.396 e. The molecule has 0 saturated carbocycles. The fraction of sp³-hybridized carbons (Fsp3) is 1.00. The van der Waals surface area contributed by atoms with Gasteiger partial charge < -0.3 is 15.2 Å². The molecule has 3 unspecified atom stereocenters. The molecule has 0 radical (unpaired) electrons. The first-order chi connectivity index (χ1) is 7.40. The molecule has 2 heterocycles. The Bertz CT molecular complexity index is 186. The number of unbranched alkanes of at least 4 members (excludes halogenated alkanes) is 3. The van der Waals surface area contributed by atoms with E-state index in [-0.39, 0.29) is 0 Å². The van der Waals surface area contributed by atoms with Gasteiger partial charge in [0.2, 0.25) is 0 Å². The molecule has 15 heavy (non-hydrogen) atoms. The van der Waals surface area contributed by atoms with E-state index < -0.39 is 0 Å². The minimum atomic E-state index is 0.341. The van der Waals surface area contributed by atoms with E-state index in [0.717, 1.165) is 19.4 Å². The maximum atomic E-state index is 8.63. The predicted octanol–water partition coefficient (Wildman–Crippen LogP) is 1.45. The number of hydrogen-bond donors (Lipinski definition) is 2. The van der Waals surface area contributed by atoms with Crippen LogP contribution in [0.25, 0.3) is 0 Å². The second kappa shape index (κ2) is 5.83. The van der Waals surface area contributed by atoms with Gasteiger partial charge in [0.15, 0.2) is 0 Å². The van der Waals surface area contributed by atoms with Gasteiger partial charge in [-0.2, -0.15) is 0 Å². The maximum absolute atomic E-state index is 8.63. The van der Waals surface area contributed by atoms with Crippen molar-refractivity contribution in [3.8, 4) is 0 Å². The molecule has 2 saturated heterocycles. The first kappa shape index (κ1) is 11.4. The van der Waals surface area contributed by atoms with E-state index in [1.807, 2.05) is 0 Å². The Morgan fingerprint density at radius 2 is 2.00 bits per heavy atom. The smallest absolute Gasteiger partial charge is 0.0733 e. The molecule has 0 aromatic heterocycles. The zero-order chi connectivity index (χ0) is 10.5. The van der Waals surface area contributed by atoms with Crippen molar-refractivity contribution in [3.63, 3.8) is 0 Å². The van der Waals surface area contributed by atoms with Crippen LogP contribution in [0.2, 0.25) is 0 Å². The number of ether oxygens (including phenoxy) is 1. The third kappa shape index (κ3) is 3.16. The van der Waals surface area contributed by atoms with Crippen LogP contribution in [0, 0.1) is 0 Å². The van der Waals surface area contributed by atoms with Crippen molar-refractivity contribution in [2.24, 2.45) is 0 Å². The van der Waals surface area contributed by atoms with Gasteiger partial charge in [-0.3, -0.25) is 0 Å². The van der Waals surface area contributed by atoms with Crippen LogP contribution < -0.4 is 5.32 Å². The Hall–Kier alpha value is -0.120. The predicted molar refractivity (Wildman–Crippen MR) is 59.9 cm³/mol. The highest BCUT2D eigenvalue weighted by molar-refractivity contribution is 4.93. The number of aliphatic hydroxyl groups excluding tert-OH is 1. The van der Waals surface area contributed by atoms with Gasteiger partial charge in [0, 0.05) is 12.6 Å². The molecule has 0 aromatic rings. The summed E-state index contributed by atoms with van der Waals surface area (Å²) < 4.78 is 5.78. The Morgan fingerprint density at radius 3 is 2.67 bits per heavy atom. The molecule has 0 spiro atoms. The lowest BCUT2D eigenvalue weighted by Crippen LogP contribution is -2.37. The zero-order valence-electron chi connectivity index (χ0n) is 9.45. The van der Waals surface area contributed by atoms with Crippen molar-refractivity contribution in [2.75, 3.05) is 13.2 Å². The highest BCUT2D eigenvalue weighted by Crippen LogP contribution is 2.34. The normalized spacial score (nSPS) is 33.8. The molecule has 3 atom stereocenters. The molecule has 88 valence electrons. The van der Waals surface area contributed by atoms with Crippen LogP contribution in [0.3, 0.4) is 0 Å². The van der Waals surface area contributed by atoms with E-state index in [2.05, 4.69) is 5.32 Å². The molecular weight excluding hydrogens is 190 g/mol. The maximum Gasteiger partial charge on any atom is 0.0733 e. The van der Waals surface area contributed by atoms with Crippen LogP contribution in [0.1, 0.15) is 44.9 Å². The summed E-state index contributed by atoms with van der Waals surface area (Å²) in [7, 11) is 0. The van der Waals surface area contributed by atoms with Crippen molar-refractivity contribution in [2.45, 2.75) is 63.2 Å². The summed E-state index contributed by atoms with van der Waals surface area (Å²) in [5, 5.41) is 12.2. The SMILES string of the molecule is OCCCCCCNC1CC2CCC1O2. The highest BCUT2D eigenvalue weighted by atomic mass is 16.5. The van der Waals surface area contributed by atoms with Gasteiger partial charge in [0.1, 0.15) is 0 Å². The lowest BCUT2D eigenvalue weighted by molar-refractivity contribution is 0.0974. The average Bonchev–Trinajstić information content (AvgIpc) is 2.85. The summed E-state index contributed by atoms with van der Waals surface area (Å²) in [4.78, 5) is 0. The van der Waals surface area contributed by atoms with E-state index in [4.69, 9.17) is 9.84 Å². The minimum absolute atomic E-state index is 0.341. The lowest BCUT2D eigenvalue weighted by atomic mass is 9.95. The van der Waals surface area contributed by atoms with Crippen LogP contribution in [0.5, 0.6) is 0 Å². The fourth-order valence-corrected chi connectivity index (χ4v) is 2.73. The van der Waals surface area contributed by atoms with E-state index >= 15 is 0 Å². The summed E-state index contributed by atoms with van der Waals surface area (Å²) in [6, 6.07) is 0.626. The molecule has 2 fully saturated rings. The third-order valence-electron chi connectivity index (χ3n) is 3.60. The fourth-order valence-electron chi connectivity index (χ4n) is 2.73. The topological polar surface area (TPSA) is 41.5 Å². The van der Waals surface area contributed by atoms with E-state index in [9.17, 15) is 0 Å². The van der Waals surface area contributed by atoms with Crippen molar-refractivity contribution in [3.05, 3.63) is 0 Å². The quantitative estimate of drug-likeness (QED) is 0.629. The number of rotatable bonds is 7. The van der Waals surface area contributed by atoms with Gasteiger partial charge in [0.25, 0.3) is 0 Å².